The van der Waals surface area contributed by atoms with Crippen molar-refractivity contribution in [2.75, 3.05) is 12.0 Å². The molecule has 39 heavy (non-hydrogen) atoms. The molecule has 1 atom stereocenters. The van der Waals surface area contributed by atoms with Gasteiger partial charge in [0, 0.05) is 22.9 Å². The van der Waals surface area contributed by atoms with E-state index in [9.17, 15) is 14.7 Å². The second kappa shape index (κ2) is 11.3. The summed E-state index contributed by atoms with van der Waals surface area (Å²) in [6.45, 7) is 7.29. The topological polar surface area (TPSA) is 122 Å². The van der Waals surface area contributed by atoms with Gasteiger partial charge in [0.05, 0.1) is 7.11 Å². The molecular formula is C29H32N6O4. The largest absolute Gasteiger partial charge is 0.508 e. The first-order chi connectivity index (χ1) is 18.5. The summed E-state index contributed by atoms with van der Waals surface area (Å²) in [5.74, 6) is 0.0773. The predicted molar refractivity (Wildman–Crippen MR) is 147 cm³/mol. The Kier molecular flexibility index (Phi) is 7.94. The summed E-state index contributed by atoms with van der Waals surface area (Å²) in [4.78, 5) is 30.2. The smallest absolute Gasteiger partial charge is 0.251 e. The standard InChI is InChI=1S/C29H32N6O4/c1-19-9-11-21(12-10-19)27-31-33-34(32-27)18-25(37)35(22-7-6-8-23(36)17-22)26(28(38)30-29(2,3)4)20-13-15-24(39-5)16-14-20/h6-17,26,36H,18H2,1-5H3,(H,30,38). The van der Waals surface area contributed by atoms with E-state index in [0.29, 0.717) is 22.8 Å². The number of aryl methyl sites for hydroxylation is 1. The van der Waals surface area contributed by atoms with E-state index < -0.39 is 23.4 Å². The highest BCUT2D eigenvalue weighted by molar-refractivity contribution is 6.01. The van der Waals surface area contributed by atoms with E-state index >= 15 is 0 Å². The van der Waals surface area contributed by atoms with Gasteiger partial charge in [-0.3, -0.25) is 14.5 Å². The molecule has 2 N–H and O–H groups in total. The van der Waals surface area contributed by atoms with Crippen LogP contribution in [0.15, 0.2) is 72.8 Å². The van der Waals surface area contributed by atoms with Crippen LogP contribution in [-0.4, -0.2) is 49.8 Å². The third kappa shape index (κ3) is 6.78. The fourth-order valence-corrected chi connectivity index (χ4v) is 4.05. The first-order valence-corrected chi connectivity index (χ1v) is 12.5. The molecule has 0 radical (unpaired) electrons. The number of carbonyl (C=O) groups is 2. The van der Waals surface area contributed by atoms with Crippen LogP contribution in [0.1, 0.15) is 37.9 Å². The Hall–Kier alpha value is -4.73. The number of hydrogen-bond donors (Lipinski definition) is 2. The minimum absolute atomic E-state index is 0.0458. The van der Waals surface area contributed by atoms with Gasteiger partial charge in [-0.15, -0.1) is 10.2 Å². The van der Waals surface area contributed by atoms with Crippen LogP contribution < -0.4 is 15.0 Å². The highest BCUT2D eigenvalue weighted by Gasteiger charge is 2.35. The highest BCUT2D eigenvalue weighted by atomic mass is 16.5. The number of phenolic OH excluding ortho intramolecular Hbond substituents is 1. The second-order valence-corrected chi connectivity index (χ2v) is 10.2. The van der Waals surface area contributed by atoms with Crippen LogP contribution in [-0.2, 0) is 16.1 Å². The van der Waals surface area contributed by atoms with E-state index in [-0.39, 0.29) is 12.3 Å². The fourth-order valence-electron chi connectivity index (χ4n) is 4.05. The van der Waals surface area contributed by atoms with E-state index in [4.69, 9.17) is 4.74 Å². The molecule has 10 nitrogen and oxygen atoms in total. The maximum atomic E-state index is 13.9. The molecule has 10 heteroatoms. The summed E-state index contributed by atoms with van der Waals surface area (Å²) in [6, 6.07) is 19.7. The molecule has 1 aromatic heterocycles. The van der Waals surface area contributed by atoms with Crippen molar-refractivity contribution >= 4 is 17.5 Å². The van der Waals surface area contributed by atoms with Gasteiger partial charge < -0.3 is 15.2 Å². The Balaban J connectivity index is 1.74. The summed E-state index contributed by atoms with van der Waals surface area (Å²) < 4.78 is 5.28. The van der Waals surface area contributed by atoms with E-state index in [1.54, 1.807) is 43.5 Å². The molecule has 0 bridgehead atoms. The Morgan fingerprint density at radius 2 is 1.74 bits per heavy atom. The number of ether oxygens (including phenoxy) is 1. The lowest BCUT2D eigenvalue weighted by molar-refractivity contribution is -0.128. The summed E-state index contributed by atoms with van der Waals surface area (Å²) >= 11 is 0. The number of nitrogens with one attached hydrogen (secondary N) is 1. The van der Waals surface area contributed by atoms with Crippen molar-refractivity contribution in [3.63, 3.8) is 0 Å². The summed E-state index contributed by atoms with van der Waals surface area (Å²) in [5, 5.41) is 25.8. The molecular weight excluding hydrogens is 496 g/mol. The first-order valence-electron chi connectivity index (χ1n) is 12.5. The van der Waals surface area contributed by atoms with Crippen LogP contribution in [0.2, 0.25) is 0 Å². The van der Waals surface area contributed by atoms with Crippen LogP contribution >= 0.6 is 0 Å². The lowest BCUT2D eigenvalue weighted by Crippen LogP contribution is -2.50. The fraction of sp³-hybridized carbons (Fsp3) is 0.276. The van der Waals surface area contributed by atoms with Crippen molar-refractivity contribution in [1.29, 1.82) is 0 Å². The normalized spacial score (nSPS) is 12.0. The van der Waals surface area contributed by atoms with Crippen LogP contribution in [0.25, 0.3) is 11.4 Å². The van der Waals surface area contributed by atoms with Crippen molar-refractivity contribution in [2.45, 2.75) is 45.8 Å². The van der Waals surface area contributed by atoms with E-state index in [1.807, 2.05) is 52.0 Å². The molecule has 0 saturated carbocycles. The first kappa shape index (κ1) is 27.3. The monoisotopic (exact) mass is 528 g/mol. The third-order valence-electron chi connectivity index (χ3n) is 5.85. The third-order valence-corrected chi connectivity index (χ3v) is 5.85. The molecule has 1 heterocycles. The van der Waals surface area contributed by atoms with E-state index in [1.165, 1.54) is 21.8 Å². The average molecular weight is 529 g/mol. The number of methoxy groups -OCH3 is 1. The number of hydrogen-bond acceptors (Lipinski definition) is 7. The molecule has 0 aliphatic carbocycles. The quantitative estimate of drug-likeness (QED) is 0.354. The zero-order valence-electron chi connectivity index (χ0n) is 22.6. The highest BCUT2D eigenvalue weighted by Crippen LogP contribution is 2.32. The number of anilines is 1. The number of aromatic nitrogens is 4. The molecule has 202 valence electrons. The Morgan fingerprint density at radius 1 is 1.05 bits per heavy atom. The summed E-state index contributed by atoms with van der Waals surface area (Å²) in [5.41, 5.74) is 2.20. The zero-order chi connectivity index (χ0) is 28.2. The number of amides is 2. The van der Waals surface area contributed by atoms with Gasteiger partial charge in [0.1, 0.15) is 24.1 Å². The number of nitrogens with zero attached hydrogens (tertiary/aromatic N) is 5. The Morgan fingerprint density at radius 3 is 2.36 bits per heavy atom. The lowest BCUT2D eigenvalue weighted by atomic mass is 10.0. The molecule has 3 aromatic carbocycles. The number of carbonyl (C=O) groups excluding carboxylic acids is 2. The number of benzene rings is 3. The van der Waals surface area contributed by atoms with Crippen molar-refractivity contribution in [2.24, 2.45) is 0 Å². The number of tetrazole rings is 1. The van der Waals surface area contributed by atoms with Gasteiger partial charge in [0.15, 0.2) is 0 Å². The predicted octanol–water partition coefficient (Wildman–Crippen LogP) is 4.05. The average Bonchev–Trinajstić information content (AvgIpc) is 3.35. The van der Waals surface area contributed by atoms with Gasteiger partial charge in [-0.05, 0) is 62.7 Å². The number of phenols is 1. The second-order valence-electron chi connectivity index (χ2n) is 10.2. The van der Waals surface area contributed by atoms with Gasteiger partial charge in [0.2, 0.25) is 11.7 Å². The minimum atomic E-state index is -1.07. The number of aromatic hydroxyl groups is 1. The van der Waals surface area contributed by atoms with Gasteiger partial charge in [0.25, 0.3) is 5.91 Å². The van der Waals surface area contributed by atoms with Crippen molar-refractivity contribution in [1.82, 2.24) is 25.5 Å². The van der Waals surface area contributed by atoms with Crippen LogP contribution in [0.3, 0.4) is 0 Å². The van der Waals surface area contributed by atoms with E-state index in [2.05, 4.69) is 20.7 Å². The molecule has 0 fully saturated rings. The summed E-state index contributed by atoms with van der Waals surface area (Å²) in [6.07, 6.45) is 0. The van der Waals surface area contributed by atoms with Gasteiger partial charge in [-0.1, -0.05) is 48.0 Å². The zero-order valence-corrected chi connectivity index (χ0v) is 22.6. The maximum absolute atomic E-state index is 13.9. The molecule has 0 spiro atoms. The molecule has 4 rings (SSSR count). The van der Waals surface area contributed by atoms with Gasteiger partial charge in [-0.2, -0.15) is 4.80 Å². The maximum Gasteiger partial charge on any atom is 0.251 e. The van der Waals surface area contributed by atoms with Crippen LogP contribution in [0.5, 0.6) is 11.5 Å². The van der Waals surface area contributed by atoms with Crippen molar-refractivity contribution in [3.8, 4) is 22.9 Å². The Labute approximate surface area is 227 Å². The molecule has 4 aromatic rings. The Bertz CT molecular complexity index is 1440. The molecule has 2 amide bonds. The SMILES string of the molecule is COc1ccc(C(C(=O)NC(C)(C)C)N(C(=O)Cn2nnc(-c3ccc(C)cc3)n2)c2cccc(O)c2)cc1. The van der Waals surface area contributed by atoms with Gasteiger partial charge in [-0.25, -0.2) is 0 Å². The lowest BCUT2D eigenvalue weighted by Gasteiger charge is -2.33. The molecule has 1 unspecified atom stereocenters. The van der Waals surface area contributed by atoms with Crippen LogP contribution in [0, 0.1) is 6.92 Å². The molecule has 0 aliphatic heterocycles. The van der Waals surface area contributed by atoms with E-state index in [0.717, 1.165) is 11.1 Å². The minimum Gasteiger partial charge on any atom is -0.508 e. The van der Waals surface area contributed by atoms with Crippen molar-refractivity contribution < 1.29 is 19.4 Å². The summed E-state index contributed by atoms with van der Waals surface area (Å²) in [7, 11) is 1.55. The van der Waals surface area contributed by atoms with Gasteiger partial charge >= 0.3 is 0 Å². The van der Waals surface area contributed by atoms with Crippen LogP contribution in [0.4, 0.5) is 5.69 Å². The number of rotatable bonds is 8. The molecule has 0 saturated heterocycles. The van der Waals surface area contributed by atoms with Crippen molar-refractivity contribution in [3.05, 3.63) is 83.9 Å². The molecule has 0 aliphatic rings.